The Balaban J connectivity index is 1.58. The van der Waals surface area contributed by atoms with Gasteiger partial charge in [0.15, 0.2) is 5.82 Å². The zero-order valence-corrected chi connectivity index (χ0v) is 14.3. The molecule has 2 aromatic heterocycles. The van der Waals surface area contributed by atoms with Crippen LogP contribution in [0.1, 0.15) is 29.6 Å². The van der Waals surface area contributed by atoms with Gasteiger partial charge >= 0.3 is 0 Å². The molecule has 2 aromatic rings. The first-order valence-corrected chi connectivity index (χ1v) is 8.23. The molecule has 0 bridgehead atoms. The molecule has 9 heteroatoms. The van der Waals surface area contributed by atoms with E-state index in [9.17, 15) is 9.59 Å². The summed E-state index contributed by atoms with van der Waals surface area (Å²) in [5.41, 5.74) is 0. The van der Waals surface area contributed by atoms with E-state index in [0.29, 0.717) is 31.3 Å². The first-order valence-electron chi connectivity index (χ1n) is 8.23. The quantitative estimate of drug-likeness (QED) is 0.679. The van der Waals surface area contributed by atoms with Crippen molar-refractivity contribution >= 4 is 11.8 Å². The molecular formula is C16H22N6O3. The van der Waals surface area contributed by atoms with Crippen molar-refractivity contribution in [1.82, 2.24) is 30.7 Å². The van der Waals surface area contributed by atoms with E-state index in [1.807, 2.05) is 24.0 Å². The average Bonchev–Trinajstić information content (AvgIpc) is 3.17. The SMILES string of the molecule is Cc1nc(CNC(=O)C[C@@H]2C(=O)NCCN2Cc2ccc(C)o2)n[nH]1. The molecule has 0 radical (unpaired) electrons. The molecular weight excluding hydrogens is 324 g/mol. The number of hydrogen-bond acceptors (Lipinski definition) is 6. The van der Waals surface area contributed by atoms with Gasteiger partial charge < -0.3 is 15.1 Å². The minimum Gasteiger partial charge on any atom is -0.465 e. The smallest absolute Gasteiger partial charge is 0.237 e. The normalized spacial score (nSPS) is 18.2. The maximum atomic E-state index is 12.2. The lowest BCUT2D eigenvalue weighted by Gasteiger charge is -2.34. The van der Waals surface area contributed by atoms with Gasteiger partial charge in [0.2, 0.25) is 11.8 Å². The lowest BCUT2D eigenvalue weighted by atomic mass is 10.1. The van der Waals surface area contributed by atoms with Gasteiger partial charge in [0.25, 0.3) is 0 Å². The second-order valence-corrected chi connectivity index (χ2v) is 6.11. The molecule has 1 fully saturated rings. The van der Waals surface area contributed by atoms with E-state index in [2.05, 4.69) is 25.8 Å². The van der Waals surface area contributed by atoms with E-state index in [0.717, 1.165) is 11.5 Å². The predicted octanol–water partition coefficient (Wildman–Crippen LogP) is 0.0214. The summed E-state index contributed by atoms with van der Waals surface area (Å²) in [4.78, 5) is 30.6. The topological polar surface area (TPSA) is 116 Å². The van der Waals surface area contributed by atoms with Gasteiger partial charge in [0.05, 0.1) is 25.6 Å². The minimum absolute atomic E-state index is 0.0783. The molecule has 0 aromatic carbocycles. The predicted molar refractivity (Wildman–Crippen MR) is 88.2 cm³/mol. The first kappa shape index (κ1) is 17.2. The van der Waals surface area contributed by atoms with Crippen LogP contribution in [0.25, 0.3) is 0 Å². The molecule has 1 atom stereocenters. The third-order valence-corrected chi connectivity index (χ3v) is 4.06. The molecule has 3 rings (SSSR count). The Morgan fingerprint density at radius 2 is 2.28 bits per heavy atom. The van der Waals surface area contributed by atoms with Crippen molar-refractivity contribution in [1.29, 1.82) is 0 Å². The number of hydrogen-bond donors (Lipinski definition) is 3. The second-order valence-electron chi connectivity index (χ2n) is 6.11. The number of furan rings is 1. The van der Waals surface area contributed by atoms with Crippen LogP contribution in [0.15, 0.2) is 16.5 Å². The molecule has 9 nitrogen and oxygen atoms in total. The number of carbonyl (C=O) groups excluding carboxylic acids is 2. The summed E-state index contributed by atoms with van der Waals surface area (Å²) in [6.45, 7) is 5.63. The van der Waals surface area contributed by atoms with Gasteiger partial charge in [-0.3, -0.25) is 19.6 Å². The highest BCUT2D eigenvalue weighted by Crippen LogP contribution is 2.15. The number of aromatic nitrogens is 3. The maximum Gasteiger partial charge on any atom is 0.237 e. The molecule has 0 aliphatic carbocycles. The molecule has 134 valence electrons. The number of nitrogens with one attached hydrogen (secondary N) is 3. The lowest BCUT2D eigenvalue weighted by molar-refractivity contribution is -0.134. The number of H-pyrrole nitrogens is 1. The van der Waals surface area contributed by atoms with Gasteiger partial charge in [-0.2, -0.15) is 5.10 Å². The summed E-state index contributed by atoms with van der Waals surface area (Å²) >= 11 is 0. The zero-order chi connectivity index (χ0) is 17.8. The summed E-state index contributed by atoms with van der Waals surface area (Å²) in [5, 5.41) is 12.3. The number of piperazine rings is 1. The fourth-order valence-electron chi connectivity index (χ4n) is 2.84. The first-order chi connectivity index (χ1) is 12.0. The molecule has 2 amide bonds. The standard InChI is InChI=1S/C16H22N6O3/c1-10-3-4-12(25-10)9-22-6-5-17-16(24)13(22)7-15(23)18-8-14-19-11(2)20-21-14/h3-4,13H,5-9H2,1-2H3,(H,17,24)(H,18,23)(H,19,20,21)/t13-/m1/s1. The molecule has 1 saturated heterocycles. The lowest BCUT2D eigenvalue weighted by Crippen LogP contribution is -2.56. The van der Waals surface area contributed by atoms with Crippen LogP contribution < -0.4 is 10.6 Å². The number of carbonyl (C=O) groups is 2. The van der Waals surface area contributed by atoms with Crippen LogP contribution in [0.4, 0.5) is 0 Å². The Labute approximate surface area is 145 Å². The largest absolute Gasteiger partial charge is 0.465 e. The summed E-state index contributed by atoms with van der Waals surface area (Å²) < 4.78 is 5.59. The Hall–Kier alpha value is -2.68. The van der Waals surface area contributed by atoms with Crippen LogP contribution in [0.2, 0.25) is 0 Å². The van der Waals surface area contributed by atoms with E-state index in [1.54, 1.807) is 6.92 Å². The second kappa shape index (κ2) is 7.47. The summed E-state index contributed by atoms with van der Waals surface area (Å²) in [5.74, 6) is 2.46. The highest BCUT2D eigenvalue weighted by molar-refractivity contribution is 5.88. The van der Waals surface area contributed by atoms with E-state index in [-0.39, 0.29) is 24.8 Å². The van der Waals surface area contributed by atoms with Crippen LogP contribution in [0, 0.1) is 13.8 Å². The van der Waals surface area contributed by atoms with Crippen molar-refractivity contribution in [3.63, 3.8) is 0 Å². The monoisotopic (exact) mass is 346 g/mol. The molecule has 1 aliphatic heterocycles. The molecule has 0 saturated carbocycles. The Morgan fingerprint density at radius 3 is 2.96 bits per heavy atom. The minimum atomic E-state index is -0.520. The van der Waals surface area contributed by atoms with Gasteiger partial charge in [-0.1, -0.05) is 0 Å². The number of nitrogens with zero attached hydrogens (tertiary/aromatic N) is 3. The average molecular weight is 346 g/mol. The highest BCUT2D eigenvalue weighted by atomic mass is 16.3. The molecule has 25 heavy (non-hydrogen) atoms. The van der Waals surface area contributed by atoms with Crippen LogP contribution in [-0.2, 0) is 22.7 Å². The summed E-state index contributed by atoms with van der Waals surface area (Å²) in [6.07, 6.45) is 0.0783. The summed E-state index contributed by atoms with van der Waals surface area (Å²) in [6, 6.07) is 3.26. The Bertz CT molecular complexity index is 753. The van der Waals surface area contributed by atoms with Crippen molar-refractivity contribution in [2.45, 2.75) is 39.4 Å². The van der Waals surface area contributed by atoms with Crippen molar-refractivity contribution in [2.24, 2.45) is 0 Å². The van der Waals surface area contributed by atoms with E-state index < -0.39 is 6.04 Å². The van der Waals surface area contributed by atoms with Crippen molar-refractivity contribution in [2.75, 3.05) is 13.1 Å². The fourth-order valence-corrected chi connectivity index (χ4v) is 2.84. The third-order valence-electron chi connectivity index (χ3n) is 4.06. The fraction of sp³-hybridized carbons (Fsp3) is 0.500. The van der Waals surface area contributed by atoms with E-state index in [1.165, 1.54) is 0 Å². The van der Waals surface area contributed by atoms with Gasteiger partial charge in [-0.15, -0.1) is 0 Å². The molecule has 0 unspecified atom stereocenters. The van der Waals surface area contributed by atoms with E-state index in [4.69, 9.17) is 4.42 Å². The Morgan fingerprint density at radius 1 is 1.44 bits per heavy atom. The van der Waals surface area contributed by atoms with Crippen LogP contribution in [0.3, 0.4) is 0 Å². The van der Waals surface area contributed by atoms with Gasteiger partial charge in [-0.05, 0) is 26.0 Å². The van der Waals surface area contributed by atoms with Crippen LogP contribution in [-0.4, -0.2) is 51.0 Å². The van der Waals surface area contributed by atoms with E-state index >= 15 is 0 Å². The highest BCUT2D eigenvalue weighted by Gasteiger charge is 2.32. The number of rotatable bonds is 6. The van der Waals surface area contributed by atoms with Crippen molar-refractivity contribution in [3.8, 4) is 0 Å². The van der Waals surface area contributed by atoms with Gasteiger partial charge in [-0.25, -0.2) is 4.98 Å². The van der Waals surface area contributed by atoms with Crippen LogP contribution in [0.5, 0.6) is 0 Å². The molecule has 1 aliphatic rings. The van der Waals surface area contributed by atoms with Crippen molar-refractivity contribution < 1.29 is 14.0 Å². The van der Waals surface area contributed by atoms with Crippen LogP contribution >= 0.6 is 0 Å². The molecule has 3 heterocycles. The van der Waals surface area contributed by atoms with Gasteiger partial charge in [0.1, 0.15) is 17.3 Å². The number of aromatic amines is 1. The molecule has 3 N–H and O–H groups in total. The molecule has 0 spiro atoms. The van der Waals surface area contributed by atoms with Gasteiger partial charge in [0, 0.05) is 13.1 Å². The summed E-state index contributed by atoms with van der Waals surface area (Å²) in [7, 11) is 0. The maximum absolute atomic E-state index is 12.2. The third kappa shape index (κ3) is 4.44. The Kier molecular flexibility index (Phi) is 5.13. The van der Waals surface area contributed by atoms with Crippen molar-refractivity contribution in [3.05, 3.63) is 35.3 Å². The zero-order valence-electron chi connectivity index (χ0n) is 14.3. The number of amides is 2. The number of aryl methyl sites for hydroxylation is 2.